The molecule has 0 bridgehead atoms. The number of esters is 1. The van der Waals surface area contributed by atoms with E-state index in [-0.39, 0.29) is 5.97 Å². The Kier molecular flexibility index (Phi) is 47.9. The molecule has 0 radical (unpaired) electrons. The third-order valence-electron chi connectivity index (χ3n) is 10.7. The predicted octanol–water partition coefficient (Wildman–Crippen LogP) is 13.8. The van der Waals surface area contributed by atoms with Gasteiger partial charge in [0.05, 0.1) is 13.2 Å². The fourth-order valence-corrected chi connectivity index (χ4v) is 7.08. The minimum Gasteiger partial charge on any atom is -0.468 e. The third kappa shape index (κ3) is 45.1. The SMILES string of the molecule is CCCCCCCCC(CCCCCCC)COC=O.CCCCCCCCN(CCCCO)CCCCCCCC(=O)OCC(C)CCCCCC. The van der Waals surface area contributed by atoms with Crippen molar-refractivity contribution in [3.63, 3.8) is 0 Å². The van der Waals surface area contributed by atoms with Crippen LogP contribution in [0.4, 0.5) is 0 Å². The van der Waals surface area contributed by atoms with Gasteiger partial charge >= 0.3 is 5.97 Å². The van der Waals surface area contributed by atoms with Crippen LogP contribution in [-0.2, 0) is 19.1 Å². The first-order valence-corrected chi connectivity index (χ1v) is 23.5. The third-order valence-corrected chi connectivity index (χ3v) is 10.7. The summed E-state index contributed by atoms with van der Waals surface area (Å²) in [6, 6.07) is 0. The molecule has 2 unspecified atom stereocenters. The highest BCUT2D eigenvalue weighted by Gasteiger charge is 2.10. The number of hydrogen-bond donors (Lipinski definition) is 1. The van der Waals surface area contributed by atoms with Crippen LogP contribution in [0.15, 0.2) is 0 Å². The van der Waals surface area contributed by atoms with Gasteiger partial charge in [-0.05, 0) is 82.8 Å². The van der Waals surface area contributed by atoms with E-state index in [9.17, 15) is 9.59 Å². The van der Waals surface area contributed by atoms with Gasteiger partial charge < -0.3 is 19.5 Å². The average Bonchev–Trinajstić information content (AvgIpc) is 3.16. The van der Waals surface area contributed by atoms with E-state index in [0.29, 0.717) is 44.5 Å². The molecule has 0 rings (SSSR count). The quantitative estimate of drug-likeness (QED) is 0.0380. The molecule has 0 aliphatic carbocycles. The van der Waals surface area contributed by atoms with Gasteiger partial charge in [-0.2, -0.15) is 0 Å². The van der Waals surface area contributed by atoms with Gasteiger partial charge in [-0.15, -0.1) is 0 Å². The van der Waals surface area contributed by atoms with Gasteiger partial charge in [-0.1, -0.05) is 182 Å². The summed E-state index contributed by atoms with van der Waals surface area (Å²) in [5.41, 5.74) is 0. The van der Waals surface area contributed by atoms with Gasteiger partial charge in [0, 0.05) is 13.0 Å². The summed E-state index contributed by atoms with van der Waals surface area (Å²) in [5, 5.41) is 9.07. The maximum Gasteiger partial charge on any atom is 0.305 e. The van der Waals surface area contributed by atoms with Gasteiger partial charge in [0.15, 0.2) is 0 Å². The molecule has 0 aliphatic heterocycles. The Morgan fingerprint density at radius 2 is 0.925 bits per heavy atom. The van der Waals surface area contributed by atoms with Crippen molar-refractivity contribution in [2.75, 3.05) is 39.5 Å². The second-order valence-corrected chi connectivity index (χ2v) is 16.3. The standard InChI is InChI=1S/C29H59NO3.C18H36O2/c1-4-6-8-10-13-17-23-30(25-19-20-26-31)24-18-14-11-12-16-22-29(32)33-27-28(3)21-15-9-7-5-2;1-3-5-7-9-11-13-15-18(16-20-17-19)14-12-10-8-6-4-2/h28,31H,4-27H2,1-3H3;17-18H,3-16H2,1-2H3. The van der Waals surface area contributed by atoms with E-state index in [4.69, 9.17) is 14.6 Å². The highest BCUT2D eigenvalue weighted by molar-refractivity contribution is 5.69. The van der Waals surface area contributed by atoms with Crippen molar-refractivity contribution in [2.45, 2.75) is 240 Å². The van der Waals surface area contributed by atoms with E-state index in [2.05, 4.69) is 39.5 Å². The molecule has 1 N–H and O–H groups in total. The van der Waals surface area contributed by atoms with Crippen molar-refractivity contribution < 1.29 is 24.2 Å². The number of rotatable bonds is 42. The number of carbonyl (C=O) groups excluding carboxylic acids is 2. The summed E-state index contributed by atoms with van der Waals surface area (Å²) in [6.45, 7) is 16.9. The highest BCUT2D eigenvalue weighted by atomic mass is 16.5. The van der Waals surface area contributed by atoms with Crippen LogP contribution in [0.1, 0.15) is 240 Å². The summed E-state index contributed by atoms with van der Waals surface area (Å²) in [7, 11) is 0. The predicted molar refractivity (Wildman–Crippen MR) is 230 cm³/mol. The fourth-order valence-electron chi connectivity index (χ4n) is 7.08. The van der Waals surface area contributed by atoms with E-state index < -0.39 is 0 Å². The molecule has 0 aliphatic rings. The molecule has 6 nitrogen and oxygen atoms in total. The lowest BCUT2D eigenvalue weighted by Crippen LogP contribution is -2.27. The molecule has 0 spiro atoms. The first-order valence-electron chi connectivity index (χ1n) is 23.5. The molecule has 0 saturated heterocycles. The Hall–Kier alpha value is -1.14. The molecule has 0 amide bonds. The summed E-state index contributed by atoms with van der Waals surface area (Å²) in [6.07, 6.45) is 40.0. The largest absolute Gasteiger partial charge is 0.468 e. The topological polar surface area (TPSA) is 76.1 Å². The maximum absolute atomic E-state index is 12.0. The first kappa shape index (κ1) is 54.0. The molecule has 0 aromatic rings. The van der Waals surface area contributed by atoms with E-state index in [0.717, 1.165) is 32.2 Å². The lowest BCUT2D eigenvalue weighted by molar-refractivity contribution is -0.145. The Bertz CT molecular complexity index is 704. The Labute approximate surface area is 332 Å². The number of aliphatic hydroxyl groups is 1. The van der Waals surface area contributed by atoms with Crippen LogP contribution in [0.25, 0.3) is 0 Å². The molecular formula is C47H95NO5. The normalized spacial score (nSPS) is 12.4. The molecule has 0 aromatic heterocycles. The van der Waals surface area contributed by atoms with E-state index in [1.165, 1.54) is 186 Å². The number of carbonyl (C=O) groups is 2. The lowest BCUT2D eigenvalue weighted by atomic mass is 9.95. The van der Waals surface area contributed by atoms with Crippen molar-refractivity contribution in [1.82, 2.24) is 4.90 Å². The van der Waals surface area contributed by atoms with E-state index in [1.807, 2.05) is 0 Å². The minimum absolute atomic E-state index is 0.00981. The summed E-state index contributed by atoms with van der Waals surface area (Å²) in [4.78, 5) is 24.9. The van der Waals surface area contributed by atoms with Crippen molar-refractivity contribution in [1.29, 1.82) is 0 Å². The number of aliphatic hydroxyl groups excluding tert-OH is 1. The van der Waals surface area contributed by atoms with Crippen molar-refractivity contribution in [3.05, 3.63) is 0 Å². The Morgan fingerprint density at radius 1 is 0.528 bits per heavy atom. The van der Waals surface area contributed by atoms with Crippen LogP contribution in [-0.4, -0.2) is 61.9 Å². The molecule has 6 heteroatoms. The van der Waals surface area contributed by atoms with Crippen molar-refractivity contribution in [3.8, 4) is 0 Å². The van der Waals surface area contributed by atoms with Crippen molar-refractivity contribution >= 4 is 12.4 Å². The van der Waals surface area contributed by atoms with Crippen LogP contribution in [0.3, 0.4) is 0 Å². The minimum atomic E-state index is -0.00981. The van der Waals surface area contributed by atoms with Crippen LogP contribution >= 0.6 is 0 Å². The van der Waals surface area contributed by atoms with Crippen LogP contribution < -0.4 is 0 Å². The second-order valence-electron chi connectivity index (χ2n) is 16.3. The van der Waals surface area contributed by atoms with Crippen LogP contribution in [0.5, 0.6) is 0 Å². The molecular weight excluding hydrogens is 659 g/mol. The van der Waals surface area contributed by atoms with Gasteiger partial charge in [-0.3, -0.25) is 9.59 Å². The molecule has 0 aromatic carbocycles. The van der Waals surface area contributed by atoms with E-state index >= 15 is 0 Å². The molecule has 318 valence electrons. The maximum atomic E-state index is 12.0. The summed E-state index contributed by atoms with van der Waals surface area (Å²) in [5.74, 6) is 1.07. The lowest BCUT2D eigenvalue weighted by Gasteiger charge is -2.22. The number of hydrogen-bond acceptors (Lipinski definition) is 6. The number of ether oxygens (including phenoxy) is 2. The van der Waals surface area contributed by atoms with Crippen LogP contribution in [0.2, 0.25) is 0 Å². The second kappa shape index (κ2) is 47.0. The molecule has 0 fully saturated rings. The van der Waals surface area contributed by atoms with Gasteiger partial charge in [0.1, 0.15) is 0 Å². The summed E-state index contributed by atoms with van der Waals surface area (Å²) < 4.78 is 10.5. The molecule has 53 heavy (non-hydrogen) atoms. The number of unbranched alkanes of at least 4 members (excludes halogenated alkanes) is 22. The zero-order chi connectivity index (χ0) is 39.3. The fraction of sp³-hybridized carbons (Fsp3) is 0.957. The average molecular weight is 754 g/mol. The zero-order valence-corrected chi connectivity index (χ0v) is 36.6. The van der Waals surface area contributed by atoms with Gasteiger partial charge in [0.25, 0.3) is 6.47 Å². The smallest absolute Gasteiger partial charge is 0.305 e. The molecule has 2 atom stereocenters. The first-order chi connectivity index (χ1) is 26.0. The summed E-state index contributed by atoms with van der Waals surface area (Å²) >= 11 is 0. The zero-order valence-electron chi connectivity index (χ0n) is 36.6. The monoisotopic (exact) mass is 754 g/mol. The van der Waals surface area contributed by atoms with Crippen LogP contribution in [0, 0.1) is 11.8 Å². The number of nitrogens with zero attached hydrogens (tertiary/aromatic N) is 1. The molecule has 0 saturated carbocycles. The van der Waals surface area contributed by atoms with E-state index in [1.54, 1.807) is 0 Å². The van der Waals surface area contributed by atoms with Crippen molar-refractivity contribution in [2.24, 2.45) is 11.8 Å². The molecule has 0 heterocycles. The Balaban J connectivity index is 0. The highest BCUT2D eigenvalue weighted by Crippen LogP contribution is 2.19. The Morgan fingerprint density at radius 3 is 1.40 bits per heavy atom. The van der Waals surface area contributed by atoms with Gasteiger partial charge in [0.2, 0.25) is 0 Å². The van der Waals surface area contributed by atoms with Gasteiger partial charge in [-0.25, -0.2) is 0 Å².